The van der Waals surface area contributed by atoms with Crippen molar-refractivity contribution in [1.29, 1.82) is 0 Å². The van der Waals surface area contributed by atoms with Crippen LogP contribution in [0.1, 0.15) is 32.6 Å². The number of nitrogens with zero attached hydrogens (tertiary/aromatic N) is 5. The van der Waals surface area contributed by atoms with Gasteiger partial charge in [0.15, 0.2) is 22.9 Å². The molecule has 0 saturated heterocycles. The van der Waals surface area contributed by atoms with E-state index in [4.69, 9.17) is 19.2 Å². The Morgan fingerprint density at radius 3 is 2.36 bits per heavy atom. The van der Waals surface area contributed by atoms with Crippen LogP contribution in [-0.4, -0.2) is 64.8 Å². The first kappa shape index (κ1) is 26.4. The molecule has 0 atom stereocenters. The predicted molar refractivity (Wildman–Crippen MR) is 144 cm³/mol. The molecule has 1 N–H and O–H groups in total. The van der Waals surface area contributed by atoms with Crippen molar-refractivity contribution in [2.24, 2.45) is 0 Å². The second-order valence-corrected chi connectivity index (χ2v) is 10.8. The number of ether oxygens (including phenoxy) is 3. The van der Waals surface area contributed by atoms with Crippen LogP contribution >= 0.6 is 0 Å². The Bertz CT molecular complexity index is 1610. The number of carbonyl (C=O) groups is 1. The molecule has 12 nitrogen and oxygen atoms in total. The van der Waals surface area contributed by atoms with Crippen molar-refractivity contribution in [2.45, 2.75) is 37.9 Å². The number of hydrogen-bond donors (Lipinski definition) is 1. The summed E-state index contributed by atoms with van der Waals surface area (Å²) in [5.41, 5.74) is 1.48. The first-order chi connectivity index (χ1) is 18.8. The quantitative estimate of drug-likeness (QED) is 0.327. The van der Waals surface area contributed by atoms with E-state index in [9.17, 15) is 13.2 Å². The van der Waals surface area contributed by atoms with E-state index in [1.807, 2.05) is 6.92 Å². The molecule has 1 aromatic carbocycles. The van der Waals surface area contributed by atoms with Crippen molar-refractivity contribution in [3.63, 3.8) is 0 Å². The number of benzene rings is 1. The van der Waals surface area contributed by atoms with Gasteiger partial charge in [-0.25, -0.2) is 28.4 Å². The van der Waals surface area contributed by atoms with Crippen LogP contribution in [-0.2, 0) is 14.8 Å². The minimum absolute atomic E-state index is 0.0250. The van der Waals surface area contributed by atoms with E-state index in [1.54, 1.807) is 41.0 Å². The Morgan fingerprint density at radius 1 is 1.00 bits per heavy atom. The number of imidazole rings is 1. The number of ketones is 1. The van der Waals surface area contributed by atoms with E-state index in [-0.39, 0.29) is 48.6 Å². The van der Waals surface area contributed by atoms with E-state index in [0.717, 1.165) is 0 Å². The van der Waals surface area contributed by atoms with Crippen LogP contribution in [0, 0.1) is 0 Å². The van der Waals surface area contributed by atoms with E-state index in [2.05, 4.69) is 19.7 Å². The van der Waals surface area contributed by atoms with Crippen LogP contribution < -0.4 is 18.9 Å². The lowest BCUT2D eigenvalue weighted by molar-refractivity contribution is -0.120. The topological polar surface area (TPSA) is 147 Å². The number of para-hydroxylation sites is 1. The van der Waals surface area contributed by atoms with Crippen molar-refractivity contribution in [3.05, 3.63) is 42.6 Å². The summed E-state index contributed by atoms with van der Waals surface area (Å²) in [4.78, 5) is 29.9. The van der Waals surface area contributed by atoms with Gasteiger partial charge in [0.25, 0.3) is 0 Å². The van der Waals surface area contributed by atoms with Crippen molar-refractivity contribution in [1.82, 2.24) is 24.5 Å². The van der Waals surface area contributed by atoms with Crippen molar-refractivity contribution in [2.75, 3.05) is 25.5 Å². The number of carbonyl (C=O) groups excluding carboxylic acids is 1. The molecule has 1 aliphatic carbocycles. The van der Waals surface area contributed by atoms with Crippen molar-refractivity contribution in [3.8, 4) is 34.6 Å². The second kappa shape index (κ2) is 10.8. The number of anilines is 1. The number of hydrogen-bond acceptors (Lipinski definition) is 10. The maximum atomic E-state index is 13.1. The summed E-state index contributed by atoms with van der Waals surface area (Å²) in [5, 5.41) is -0.687. The third kappa shape index (κ3) is 5.21. The molecule has 3 heterocycles. The largest absolute Gasteiger partial charge is 0.494 e. The molecule has 5 rings (SSSR count). The molecular formula is C26H28N6O6S. The fourth-order valence-corrected chi connectivity index (χ4v) is 5.97. The van der Waals surface area contributed by atoms with Crippen LogP contribution in [0.3, 0.4) is 0 Å². The molecular weight excluding hydrogens is 524 g/mol. The molecule has 204 valence electrons. The summed E-state index contributed by atoms with van der Waals surface area (Å²) in [7, 11) is -0.736. The molecule has 0 spiro atoms. The first-order valence-electron chi connectivity index (χ1n) is 12.4. The van der Waals surface area contributed by atoms with Gasteiger partial charge in [-0.15, -0.1) is 0 Å². The van der Waals surface area contributed by atoms with E-state index in [1.165, 1.54) is 20.4 Å². The molecule has 1 saturated carbocycles. The van der Waals surface area contributed by atoms with E-state index < -0.39 is 15.3 Å². The van der Waals surface area contributed by atoms with Crippen LogP contribution in [0.4, 0.5) is 5.82 Å². The molecule has 0 unspecified atom stereocenters. The predicted octanol–water partition coefficient (Wildman–Crippen LogP) is 3.55. The molecule has 0 bridgehead atoms. The normalized spacial score (nSPS) is 14.4. The van der Waals surface area contributed by atoms with Gasteiger partial charge in [-0.2, -0.15) is 0 Å². The van der Waals surface area contributed by atoms with E-state index >= 15 is 0 Å². The van der Waals surface area contributed by atoms with Crippen molar-refractivity contribution < 1.29 is 27.4 Å². The van der Waals surface area contributed by atoms with Gasteiger partial charge >= 0.3 is 0 Å². The van der Waals surface area contributed by atoms with Gasteiger partial charge in [0.05, 0.1) is 32.3 Å². The zero-order chi connectivity index (χ0) is 27.6. The number of Topliss-reactive ketones (excluding diaryl/α,β-unsaturated/α-hetero) is 1. The Morgan fingerprint density at radius 2 is 1.69 bits per heavy atom. The average molecular weight is 553 g/mol. The highest BCUT2D eigenvalue weighted by Gasteiger charge is 2.31. The summed E-state index contributed by atoms with van der Waals surface area (Å²) in [5.74, 6) is 1.83. The average Bonchev–Trinajstić information content (AvgIpc) is 3.31. The SMILES string of the molecule is CCOc1cccc(-c2nc3ncc(NS(=O)(=O)C4CCC(=O)CC4)nc3n2-c2c(OC)cccc2OC)n1. The Balaban J connectivity index is 1.68. The van der Waals surface area contributed by atoms with Gasteiger partial charge in [0, 0.05) is 18.9 Å². The zero-order valence-corrected chi connectivity index (χ0v) is 22.6. The summed E-state index contributed by atoms with van der Waals surface area (Å²) in [6, 6.07) is 10.6. The number of methoxy groups -OCH3 is 2. The number of aromatic nitrogens is 5. The molecule has 1 aliphatic rings. The van der Waals surface area contributed by atoms with Crippen LogP contribution in [0.25, 0.3) is 28.5 Å². The van der Waals surface area contributed by atoms with Crippen LogP contribution in [0.5, 0.6) is 17.4 Å². The number of sulfonamides is 1. The van der Waals surface area contributed by atoms with Crippen LogP contribution in [0.2, 0.25) is 0 Å². The number of rotatable bonds is 9. The lowest BCUT2D eigenvalue weighted by Gasteiger charge is -2.21. The number of nitrogens with one attached hydrogen (secondary N) is 1. The Hall–Kier alpha value is -4.26. The highest BCUT2D eigenvalue weighted by molar-refractivity contribution is 7.93. The standard InChI is InChI=1S/C26H28N6O6S/c1-4-38-22-10-5-7-18(28-22)25-30-24-26(32(25)23-19(36-2)8-6-9-20(23)37-3)29-21(15-27-24)31-39(34,35)17-13-11-16(33)12-14-17/h5-10,15,17H,4,11-14H2,1-3H3,(H,29,31). The number of fused-ring (bicyclic) bond motifs is 1. The third-order valence-corrected chi connectivity index (χ3v) is 8.26. The third-order valence-electron chi connectivity index (χ3n) is 6.42. The zero-order valence-electron chi connectivity index (χ0n) is 21.7. The summed E-state index contributed by atoms with van der Waals surface area (Å²) in [6.07, 6.45) is 2.35. The lowest BCUT2D eigenvalue weighted by atomic mass is 9.99. The van der Waals surface area contributed by atoms with Crippen LogP contribution in [0.15, 0.2) is 42.6 Å². The van der Waals surface area contributed by atoms with Crippen molar-refractivity contribution >= 4 is 32.9 Å². The minimum atomic E-state index is -3.80. The molecule has 0 aliphatic heterocycles. The van der Waals surface area contributed by atoms with E-state index in [0.29, 0.717) is 41.2 Å². The molecule has 4 aromatic rings. The second-order valence-electron chi connectivity index (χ2n) is 8.86. The van der Waals surface area contributed by atoms with Gasteiger partial charge in [-0.3, -0.25) is 14.1 Å². The van der Waals surface area contributed by atoms with Gasteiger partial charge < -0.3 is 14.2 Å². The van der Waals surface area contributed by atoms with Gasteiger partial charge in [-0.1, -0.05) is 12.1 Å². The highest BCUT2D eigenvalue weighted by atomic mass is 32.2. The molecule has 3 aromatic heterocycles. The number of pyridine rings is 1. The summed E-state index contributed by atoms with van der Waals surface area (Å²) >= 11 is 0. The summed E-state index contributed by atoms with van der Waals surface area (Å²) < 4.78 is 47.3. The molecule has 0 radical (unpaired) electrons. The van der Waals surface area contributed by atoms with Gasteiger partial charge in [-0.05, 0) is 38.0 Å². The fraction of sp³-hybridized carbons (Fsp3) is 0.346. The smallest absolute Gasteiger partial charge is 0.236 e. The summed E-state index contributed by atoms with van der Waals surface area (Å²) in [6.45, 7) is 2.31. The van der Waals surface area contributed by atoms with Gasteiger partial charge in [0.2, 0.25) is 15.9 Å². The lowest BCUT2D eigenvalue weighted by Crippen LogP contribution is -2.32. The maximum absolute atomic E-state index is 13.1. The monoisotopic (exact) mass is 552 g/mol. The highest BCUT2D eigenvalue weighted by Crippen LogP contribution is 2.38. The molecule has 13 heteroatoms. The molecule has 0 amide bonds. The molecule has 39 heavy (non-hydrogen) atoms. The van der Waals surface area contributed by atoms with Gasteiger partial charge in [0.1, 0.15) is 28.7 Å². The Kier molecular flexibility index (Phi) is 7.33. The fourth-order valence-electron chi connectivity index (χ4n) is 4.56. The first-order valence-corrected chi connectivity index (χ1v) is 14.0. The minimum Gasteiger partial charge on any atom is -0.494 e. The maximum Gasteiger partial charge on any atom is 0.236 e. The molecule has 1 fully saturated rings. The Labute approximate surface area is 225 Å².